The molecule has 0 aromatic heterocycles. The van der Waals surface area contributed by atoms with Crippen LogP contribution < -0.4 is 5.32 Å². The van der Waals surface area contributed by atoms with Crippen molar-refractivity contribution in [3.63, 3.8) is 0 Å². The lowest BCUT2D eigenvalue weighted by atomic mass is 9.97. The Balaban J connectivity index is 2.22. The van der Waals surface area contributed by atoms with E-state index in [2.05, 4.69) is 18.6 Å². The second-order valence-electron chi connectivity index (χ2n) is 3.30. The summed E-state index contributed by atoms with van der Waals surface area (Å²) < 4.78 is 5.37. The van der Waals surface area contributed by atoms with Gasteiger partial charge in [-0.15, -0.1) is 0 Å². The van der Waals surface area contributed by atoms with Crippen molar-refractivity contribution in [3.05, 3.63) is 0 Å². The summed E-state index contributed by atoms with van der Waals surface area (Å²) in [6.45, 7) is 1.92. The van der Waals surface area contributed by atoms with E-state index in [1.54, 1.807) is 0 Å². The van der Waals surface area contributed by atoms with Gasteiger partial charge in [0.05, 0.1) is 6.61 Å². The average molecular weight is 189 g/mol. The van der Waals surface area contributed by atoms with Crippen molar-refractivity contribution in [1.29, 1.82) is 0 Å². The van der Waals surface area contributed by atoms with Crippen LogP contribution in [0.2, 0.25) is 0 Å². The Morgan fingerprint density at radius 1 is 1.67 bits per heavy atom. The number of ether oxygens (including phenoxy) is 1. The molecule has 1 fully saturated rings. The van der Waals surface area contributed by atoms with E-state index in [0.29, 0.717) is 6.04 Å². The summed E-state index contributed by atoms with van der Waals surface area (Å²) in [5.41, 5.74) is 0. The van der Waals surface area contributed by atoms with Crippen LogP contribution in [0.25, 0.3) is 0 Å². The maximum absolute atomic E-state index is 5.37. The molecule has 2 nitrogen and oxygen atoms in total. The fraction of sp³-hybridized carbons (Fsp3) is 1.00. The Labute approximate surface area is 79.4 Å². The van der Waals surface area contributed by atoms with Crippen LogP contribution in [-0.2, 0) is 4.74 Å². The molecule has 0 aromatic carbocycles. The zero-order chi connectivity index (χ0) is 8.81. The highest BCUT2D eigenvalue weighted by Crippen LogP contribution is 2.19. The Morgan fingerprint density at radius 2 is 2.50 bits per heavy atom. The van der Waals surface area contributed by atoms with Crippen LogP contribution in [0.5, 0.6) is 0 Å². The van der Waals surface area contributed by atoms with Crippen LogP contribution in [0.3, 0.4) is 0 Å². The minimum absolute atomic E-state index is 0.667. The number of nitrogens with one attached hydrogen (secondary N) is 1. The Bertz CT molecular complexity index is 115. The van der Waals surface area contributed by atoms with Crippen molar-refractivity contribution >= 4 is 11.8 Å². The number of thioether (sulfide) groups is 1. The van der Waals surface area contributed by atoms with Gasteiger partial charge in [-0.25, -0.2) is 0 Å². The molecule has 0 bridgehead atoms. The first-order chi connectivity index (χ1) is 5.88. The van der Waals surface area contributed by atoms with Crippen molar-refractivity contribution in [2.75, 3.05) is 32.3 Å². The van der Waals surface area contributed by atoms with Crippen molar-refractivity contribution in [3.8, 4) is 0 Å². The standard InChI is InChI=1S/C9H19NOS/c1-10-9(4-6-12-2)8-3-5-11-7-8/h8-10H,3-7H2,1-2H3. The minimum atomic E-state index is 0.667. The first-order valence-electron chi connectivity index (χ1n) is 4.62. The second-order valence-corrected chi connectivity index (χ2v) is 4.29. The third-order valence-corrected chi connectivity index (χ3v) is 3.18. The van der Waals surface area contributed by atoms with Crippen LogP contribution in [0.4, 0.5) is 0 Å². The summed E-state index contributed by atoms with van der Waals surface area (Å²) in [4.78, 5) is 0. The molecule has 0 radical (unpaired) electrons. The predicted octanol–water partition coefficient (Wildman–Crippen LogP) is 1.36. The van der Waals surface area contributed by atoms with E-state index in [-0.39, 0.29) is 0 Å². The topological polar surface area (TPSA) is 21.3 Å². The van der Waals surface area contributed by atoms with E-state index in [9.17, 15) is 0 Å². The van der Waals surface area contributed by atoms with Gasteiger partial charge in [0.15, 0.2) is 0 Å². The summed E-state index contributed by atoms with van der Waals surface area (Å²) >= 11 is 1.92. The van der Waals surface area contributed by atoms with Gasteiger partial charge < -0.3 is 10.1 Å². The molecule has 3 heteroatoms. The summed E-state index contributed by atoms with van der Waals surface area (Å²) in [7, 11) is 2.06. The van der Waals surface area contributed by atoms with Crippen LogP contribution in [0.1, 0.15) is 12.8 Å². The molecule has 12 heavy (non-hydrogen) atoms. The molecular weight excluding hydrogens is 170 g/mol. The van der Waals surface area contributed by atoms with Crippen molar-refractivity contribution in [2.45, 2.75) is 18.9 Å². The summed E-state index contributed by atoms with van der Waals surface area (Å²) in [6.07, 6.45) is 4.67. The van der Waals surface area contributed by atoms with Gasteiger partial charge in [0, 0.05) is 12.6 Å². The average Bonchev–Trinajstić information content (AvgIpc) is 2.59. The highest BCUT2D eigenvalue weighted by Gasteiger charge is 2.23. The van der Waals surface area contributed by atoms with Gasteiger partial charge in [-0.3, -0.25) is 0 Å². The van der Waals surface area contributed by atoms with E-state index in [1.165, 1.54) is 18.6 Å². The number of rotatable bonds is 5. The van der Waals surface area contributed by atoms with E-state index in [1.807, 2.05) is 11.8 Å². The van der Waals surface area contributed by atoms with Gasteiger partial charge in [0.1, 0.15) is 0 Å². The third kappa shape index (κ3) is 2.96. The fourth-order valence-corrected chi connectivity index (χ4v) is 2.22. The first-order valence-corrected chi connectivity index (χ1v) is 6.01. The van der Waals surface area contributed by atoms with Gasteiger partial charge in [0.25, 0.3) is 0 Å². The van der Waals surface area contributed by atoms with Gasteiger partial charge in [0.2, 0.25) is 0 Å². The highest BCUT2D eigenvalue weighted by molar-refractivity contribution is 7.98. The minimum Gasteiger partial charge on any atom is -0.381 e. The number of hydrogen-bond donors (Lipinski definition) is 1. The molecule has 1 N–H and O–H groups in total. The maximum Gasteiger partial charge on any atom is 0.0510 e. The molecule has 1 aliphatic rings. The van der Waals surface area contributed by atoms with Gasteiger partial charge in [-0.2, -0.15) is 11.8 Å². The molecule has 0 saturated carbocycles. The quantitative estimate of drug-likeness (QED) is 0.705. The normalized spacial score (nSPS) is 26.0. The summed E-state index contributed by atoms with van der Waals surface area (Å²) in [5.74, 6) is 2.00. The number of hydrogen-bond acceptors (Lipinski definition) is 3. The molecular formula is C9H19NOS. The first kappa shape index (κ1) is 10.4. The molecule has 2 unspecified atom stereocenters. The molecule has 72 valence electrons. The molecule has 0 amide bonds. The summed E-state index contributed by atoms with van der Waals surface area (Å²) in [5, 5.41) is 3.39. The molecule has 0 aromatic rings. The predicted molar refractivity (Wildman–Crippen MR) is 54.8 cm³/mol. The van der Waals surface area contributed by atoms with Gasteiger partial charge >= 0.3 is 0 Å². The zero-order valence-corrected chi connectivity index (χ0v) is 8.82. The lowest BCUT2D eigenvalue weighted by molar-refractivity contribution is 0.177. The smallest absolute Gasteiger partial charge is 0.0510 e. The van der Waals surface area contributed by atoms with Crippen molar-refractivity contribution in [1.82, 2.24) is 5.32 Å². The van der Waals surface area contributed by atoms with Crippen LogP contribution in [-0.4, -0.2) is 38.3 Å². The van der Waals surface area contributed by atoms with Crippen molar-refractivity contribution < 1.29 is 4.74 Å². The zero-order valence-electron chi connectivity index (χ0n) is 8.01. The van der Waals surface area contributed by atoms with Crippen LogP contribution in [0, 0.1) is 5.92 Å². The SMILES string of the molecule is CNC(CCSC)C1CCOC1. The van der Waals surface area contributed by atoms with Gasteiger partial charge in [-0.05, 0) is 37.8 Å². The monoisotopic (exact) mass is 189 g/mol. The van der Waals surface area contributed by atoms with E-state index in [0.717, 1.165) is 19.1 Å². The Hall–Kier alpha value is 0.270. The molecule has 1 rings (SSSR count). The van der Waals surface area contributed by atoms with Gasteiger partial charge in [-0.1, -0.05) is 0 Å². The Morgan fingerprint density at radius 3 is 3.00 bits per heavy atom. The van der Waals surface area contributed by atoms with Crippen molar-refractivity contribution in [2.24, 2.45) is 5.92 Å². The summed E-state index contributed by atoms with van der Waals surface area (Å²) in [6, 6.07) is 0.667. The Kier molecular flexibility index (Phi) is 5.04. The third-order valence-electron chi connectivity index (χ3n) is 2.54. The van der Waals surface area contributed by atoms with Crippen LogP contribution >= 0.6 is 11.8 Å². The molecule has 2 atom stereocenters. The van der Waals surface area contributed by atoms with E-state index < -0.39 is 0 Å². The molecule has 0 spiro atoms. The fourth-order valence-electron chi connectivity index (χ4n) is 1.73. The lowest BCUT2D eigenvalue weighted by Gasteiger charge is -2.21. The van der Waals surface area contributed by atoms with Crippen LogP contribution in [0.15, 0.2) is 0 Å². The van der Waals surface area contributed by atoms with E-state index in [4.69, 9.17) is 4.74 Å². The highest BCUT2D eigenvalue weighted by atomic mass is 32.2. The van der Waals surface area contributed by atoms with E-state index >= 15 is 0 Å². The maximum atomic E-state index is 5.37. The molecule has 1 aliphatic heterocycles. The lowest BCUT2D eigenvalue weighted by Crippen LogP contribution is -2.34. The molecule has 1 saturated heterocycles. The second kappa shape index (κ2) is 5.84. The largest absolute Gasteiger partial charge is 0.381 e. The molecule has 1 heterocycles. The molecule has 0 aliphatic carbocycles.